The van der Waals surface area contributed by atoms with Crippen LogP contribution in [0.4, 0.5) is 0 Å². The SMILES string of the molecule is CS(=O)(=O)C1(C(=O)NCc2cccc(Br)c2)CCNCC1.Cl. The van der Waals surface area contributed by atoms with Gasteiger partial charge in [-0.15, -0.1) is 12.4 Å². The Bertz CT molecular complexity index is 631. The molecule has 2 rings (SSSR count). The summed E-state index contributed by atoms with van der Waals surface area (Å²) < 4.78 is 23.9. The highest BCUT2D eigenvalue weighted by atomic mass is 79.9. The summed E-state index contributed by atoms with van der Waals surface area (Å²) in [5.41, 5.74) is 0.926. The summed E-state index contributed by atoms with van der Waals surface area (Å²) in [6.45, 7) is 1.40. The number of rotatable bonds is 4. The van der Waals surface area contributed by atoms with Gasteiger partial charge in [0.25, 0.3) is 0 Å². The van der Waals surface area contributed by atoms with E-state index < -0.39 is 20.5 Å². The molecule has 2 N–H and O–H groups in total. The summed E-state index contributed by atoms with van der Waals surface area (Å²) in [7, 11) is -3.46. The molecule has 1 heterocycles. The first-order chi connectivity index (χ1) is 9.85. The van der Waals surface area contributed by atoms with Crippen molar-refractivity contribution in [3.8, 4) is 0 Å². The maximum absolute atomic E-state index is 12.5. The standard InChI is InChI=1S/C14H19BrN2O3S.ClH/c1-21(19,20)14(5-7-16-8-6-14)13(18)17-10-11-3-2-4-12(15)9-11;/h2-4,9,16H,5-8,10H2,1H3,(H,17,18);1H. The van der Waals surface area contributed by atoms with Gasteiger partial charge < -0.3 is 10.6 Å². The van der Waals surface area contributed by atoms with E-state index in [1.54, 1.807) is 0 Å². The second-order valence-electron chi connectivity index (χ2n) is 5.33. The van der Waals surface area contributed by atoms with E-state index in [0.29, 0.717) is 32.5 Å². The van der Waals surface area contributed by atoms with E-state index in [9.17, 15) is 13.2 Å². The van der Waals surface area contributed by atoms with Crippen molar-refractivity contribution in [1.82, 2.24) is 10.6 Å². The largest absolute Gasteiger partial charge is 0.351 e. The molecule has 22 heavy (non-hydrogen) atoms. The minimum Gasteiger partial charge on any atom is -0.351 e. The quantitative estimate of drug-likeness (QED) is 0.790. The van der Waals surface area contributed by atoms with Crippen LogP contribution >= 0.6 is 28.3 Å². The smallest absolute Gasteiger partial charge is 0.241 e. The van der Waals surface area contributed by atoms with E-state index in [0.717, 1.165) is 16.3 Å². The van der Waals surface area contributed by atoms with Gasteiger partial charge in [0.2, 0.25) is 5.91 Å². The number of piperidine rings is 1. The fourth-order valence-corrected chi connectivity index (χ4v) is 4.39. The summed E-state index contributed by atoms with van der Waals surface area (Å²) in [5.74, 6) is -0.397. The lowest BCUT2D eigenvalue weighted by molar-refractivity contribution is -0.124. The van der Waals surface area contributed by atoms with Gasteiger partial charge in [0.15, 0.2) is 14.6 Å². The molecule has 8 heteroatoms. The number of amides is 1. The monoisotopic (exact) mass is 410 g/mol. The zero-order valence-electron chi connectivity index (χ0n) is 12.3. The molecule has 0 unspecified atom stereocenters. The normalized spacial score (nSPS) is 17.4. The van der Waals surface area contributed by atoms with Crippen LogP contribution in [0.15, 0.2) is 28.7 Å². The molecule has 1 aromatic rings. The predicted molar refractivity (Wildman–Crippen MR) is 92.9 cm³/mol. The predicted octanol–water partition coefficient (Wildman–Crippen LogP) is 1.65. The summed E-state index contributed by atoms with van der Waals surface area (Å²) >= 11 is 3.37. The molecule has 0 aliphatic carbocycles. The average molecular weight is 412 g/mol. The van der Waals surface area contributed by atoms with Crippen molar-refractivity contribution in [2.45, 2.75) is 24.1 Å². The van der Waals surface area contributed by atoms with Gasteiger partial charge in [-0.3, -0.25) is 4.79 Å². The third-order valence-electron chi connectivity index (χ3n) is 3.88. The molecule has 124 valence electrons. The fraction of sp³-hybridized carbons (Fsp3) is 0.500. The highest BCUT2D eigenvalue weighted by molar-refractivity contribution is 9.10. The maximum atomic E-state index is 12.5. The number of hydrogen-bond acceptors (Lipinski definition) is 4. The highest BCUT2D eigenvalue weighted by Gasteiger charge is 2.48. The highest BCUT2D eigenvalue weighted by Crippen LogP contribution is 2.28. The van der Waals surface area contributed by atoms with Gasteiger partial charge in [0.1, 0.15) is 0 Å². The van der Waals surface area contributed by atoms with E-state index >= 15 is 0 Å². The Morgan fingerprint density at radius 2 is 2.00 bits per heavy atom. The minimum absolute atomic E-state index is 0. The lowest BCUT2D eigenvalue weighted by atomic mass is 9.95. The van der Waals surface area contributed by atoms with Crippen LogP contribution in [0.3, 0.4) is 0 Å². The molecule has 1 aromatic carbocycles. The molecule has 5 nitrogen and oxygen atoms in total. The van der Waals surface area contributed by atoms with Gasteiger partial charge in [-0.05, 0) is 43.6 Å². The molecule has 1 fully saturated rings. The van der Waals surface area contributed by atoms with E-state index in [2.05, 4.69) is 26.6 Å². The van der Waals surface area contributed by atoms with Gasteiger partial charge in [-0.25, -0.2) is 8.42 Å². The van der Waals surface area contributed by atoms with E-state index in [-0.39, 0.29) is 12.4 Å². The second-order valence-corrected chi connectivity index (χ2v) is 8.57. The van der Waals surface area contributed by atoms with E-state index in [1.807, 2.05) is 24.3 Å². The lowest BCUT2D eigenvalue weighted by Gasteiger charge is -2.34. The van der Waals surface area contributed by atoms with Gasteiger partial charge in [-0.2, -0.15) is 0 Å². The molecule has 1 aliphatic rings. The molecule has 0 bridgehead atoms. The van der Waals surface area contributed by atoms with Crippen LogP contribution < -0.4 is 10.6 Å². The lowest BCUT2D eigenvalue weighted by Crippen LogP contribution is -2.57. The second kappa shape index (κ2) is 7.77. The number of sulfone groups is 1. The first-order valence-electron chi connectivity index (χ1n) is 6.78. The molecular weight excluding hydrogens is 392 g/mol. The zero-order chi connectivity index (χ0) is 15.5. The van der Waals surface area contributed by atoms with E-state index in [4.69, 9.17) is 0 Å². The van der Waals surface area contributed by atoms with Crippen molar-refractivity contribution < 1.29 is 13.2 Å². The molecule has 0 saturated carbocycles. The van der Waals surface area contributed by atoms with Crippen LogP contribution in [0.1, 0.15) is 18.4 Å². The van der Waals surface area contributed by atoms with Crippen LogP contribution in [-0.4, -0.2) is 38.4 Å². The van der Waals surface area contributed by atoms with Crippen LogP contribution in [0.2, 0.25) is 0 Å². The first kappa shape index (κ1) is 19.4. The molecule has 1 saturated heterocycles. The topological polar surface area (TPSA) is 75.3 Å². The Labute approximate surface area is 145 Å². The fourth-order valence-electron chi connectivity index (χ4n) is 2.59. The summed E-state index contributed by atoms with van der Waals surface area (Å²) in [6, 6.07) is 7.56. The summed E-state index contributed by atoms with van der Waals surface area (Å²) in [6.07, 6.45) is 1.78. The first-order valence-corrected chi connectivity index (χ1v) is 9.47. The van der Waals surface area contributed by atoms with Crippen molar-refractivity contribution in [2.75, 3.05) is 19.3 Å². The summed E-state index contributed by atoms with van der Waals surface area (Å²) in [4.78, 5) is 12.5. The van der Waals surface area contributed by atoms with Crippen LogP contribution in [0.25, 0.3) is 0 Å². The van der Waals surface area contributed by atoms with Crippen molar-refractivity contribution in [2.24, 2.45) is 0 Å². The number of hydrogen-bond donors (Lipinski definition) is 2. The molecule has 1 aliphatic heterocycles. The van der Waals surface area contributed by atoms with Crippen LogP contribution in [0.5, 0.6) is 0 Å². The molecular formula is C14H20BrClN2O3S. The van der Waals surface area contributed by atoms with Gasteiger partial charge in [-0.1, -0.05) is 28.1 Å². The zero-order valence-corrected chi connectivity index (χ0v) is 15.5. The van der Waals surface area contributed by atoms with E-state index in [1.165, 1.54) is 0 Å². The number of carbonyl (C=O) groups excluding carboxylic acids is 1. The Hall–Kier alpha value is -0.630. The van der Waals surface area contributed by atoms with Crippen molar-refractivity contribution >= 4 is 44.1 Å². The molecule has 0 spiro atoms. The van der Waals surface area contributed by atoms with Gasteiger partial charge in [0, 0.05) is 17.3 Å². The third kappa shape index (κ3) is 4.22. The van der Waals surface area contributed by atoms with Gasteiger partial charge in [0.05, 0.1) is 0 Å². The number of halogens is 2. The number of nitrogens with one attached hydrogen (secondary N) is 2. The van der Waals surface area contributed by atoms with Crippen LogP contribution in [0, 0.1) is 0 Å². The van der Waals surface area contributed by atoms with Crippen molar-refractivity contribution in [3.05, 3.63) is 34.3 Å². The maximum Gasteiger partial charge on any atom is 0.241 e. The van der Waals surface area contributed by atoms with Gasteiger partial charge >= 0.3 is 0 Å². The van der Waals surface area contributed by atoms with Crippen molar-refractivity contribution in [3.63, 3.8) is 0 Å². The number of carbonyl (C=O) groups is 1. The molecule has 0 radical (unpaired) electrons. The molecule has 1 amide bonds. The Morgan fingerprint density at radius 1 is 1.36 bits per heavy atom. The Balaban J connectivity index is 0.00000242. The molecule has 0 aromatic heterocycles. The minimum atomic E-state index is -3.46. The average Bonchev–Trinajstić information content (AvgIpc) is 2.44. The Morgan fingerprint density at radius 3 is 2.55 bits per heavy atom. The summed E-state index contributed by atoms with van der Waals surface area (Å²) in [5, 5.41) is 5.87. The molecule has 0 atom stereocenters. The van der Waals surface area contributed by atoms with Crippen molar-refractivity contribution in [1.29, 1.82) is 0 Å². The third-order valence-corrected chi connectivity index (χ3v) is 6.38. The number of benzene rings is 1. The van der Waals surface area contributed by atoms with Crippen LogP contribution in [-0.2, 0) is 21.2 Å². The Kier molecular flexibility index (Phi) is 6.85.